The monoisotopic (exact) mass is 592 g/mol. The summed E-state index contributed by atoms with van der Waals surface area (Å²) in [6.07, 6.45) is 3.06. The minimum atomic E-state index is -4.68. The summed E-state index contributed by atoms with van der Waals surface area (Å²) in [5, 5.41) is 5.22. The van der Waals surface area contributed by atoms with Crippen LogP contribution in [0.5, 0.6) is 5.88 Å². The molecular weight excluding hydrogens is 565 g/mol. The Balaban J connectivity index is 1.31. The molecule has 4 aromatic heterocycles. The van der Waals surface area contributed by atoms with E-state index >= 15 is 0 Å². The smallest absolute Gasteiger partial charge is 0.434 e. The summed E-state index contributed by atoms with van der Waals surface area (Å²) in [5.41, 5.74) is 2.26. The zero-order valence-electron chi connectivity index (χ0n) is 23.5. The number of halogens is 3. The van der Waals surface area contributed by atoms with E-state index in [1.54, 1.807) is 55.4 Å². The highest BCUT2D eigenvalue weighted by molar-refractivity contribution is 5.78. The fourth-order valence-electron chi connectivity index (χ4n) is 4.86. The Bertz CT molecular complexity index is 1800. The largest absolute Gasteiger partial charge is 0.480 e. The van der Waals surface area contributed by atoms with Crippen molar-refractivity contribution in [1.29, 1.82) is 0 Å². The van der Waals surface area contributed by atoms with E-state index in [9.17, 15) is 18.0 Å². The number of hydrogen-bond donors (Lipinski definition) is 0. The van der Waals surface area contributed by atoms with Crippen molar-refractivity contribution >= 4 is 17.0 Å². The van der Waals surface area contributed by atoms with E-state index in [1.807, 2.05) is 0 Å². The lowest BCUT2D eigenvalue weighted by molar-refractivity contribution is -0.147. The van der Waals surface area contributed by atoms with Crippen LogP contribution in [-0.2, 0) is 22.3 Å². The van der Waals surface area contributed by atoms with Gasteiger partial charge in [-0.25, -0.2) is 34.4 Å². The average molecular weight is 593 g/mol. The fraction of sp³-hybridized carbons (Fsp3) is 0.345. The molecule has 43 heavy (non-hydrogen) atoms. The summed E-state index contributed by atoms with van der Waals surface area (Å²) in [6.45, 7) is 3.55. The second-order valence-corrected chi connectivity index (χ2v) is 10.2. The van der Waals surface area contributed by atoms with Crippen LogP contribution in [0.1, 0.15) is 55.6 Å². The highest BCUT2D eigenvalue weighted by Crippen LogP contribution is 2.45. The third-order valence-corrected chi connectivity index (χ3v) is 7.21. The van der Waals surface area contributed by atoms with Gasteiger partial charge in [-0.2, -0.15) is 18.3 Å². The first kappa shape index (κ1) is 28.2. The summed E-state index contributed by atoms with van der Waals surface area (Å²) in [7, 11) is 1.54. The lowest BCUT2D eigenvalue weighted by Crippen LogP contribution is -2.19. The molecule has 0 radical (unpaired) electrons. The van der Waals surface area contributed by atoms with Gasteiger partial charge >= 0.3 is 12.1 Å². The highest BCUT2D eigenvalue weighted by Gasteiger charge is 2.36. The quantitative estimate of drug-likeness (QED) is 0.212. The molecule has 0 aliphatic heterocycles. The summed E-state index contributed by atoms with van der Waals surface area (Å²) < 4.78 is 54.0. The average Bonchev–Trinajstić information content (AvgIpc) is 3.62. The molecule has 0 amide bonds. The molecule has 1 fully saturated rings. The predicted octanol–water partition coefficient (Wildman–Crippen LogP) is 5.22. The maximum absolute atomic E-state index is 13.5. The van der Waals surface area contributed by atoms with Gasteiger partial charge in [0.1, 0.15) is 23.8 Å². The molecule has 6 rings (SSSR count). The number of benzene rings is 1. The number of imidazole rings is 1. The Morgan fingerprint density at radius 1 is 1.09 bits per heavy atom. The summed E-state index contributed by atoms with van der Waals surface area (Å²) in [6, 6.07) is 5.85. The molecule has 0 spiro atoms. The van der Waals surface area contributed by atoms with Crippen molar-refractivity contribution in [3.05, 3.63) is 66.1 Å². The van der Waals surface area contributed by atoms with Crippen molar-refractivity contribution in [2.24, 2.45) is 0 Å². The van der Waals surface area contributed by atoms with Crippen LogP contribution >= 0.6 is 0 Å². The molecule has 1 aromatic carbocycles. The van der Waals surface area contributed by atoms with Gasteiger partial charge in [0.25, 0.3) is 0 Å². The number of hydrogen-bond acceptors (Lipinski definition) is 9. The van der Waals surface area contributed by atoms with Crippen LogP contribution in [0.25, 0.3) is 33.8 Å². The zero-order chi connectivity index (χ0) is 30.3. The highest BCUT2D eigenvalue weighted by atomic mass is 19.4. The molecule has 14 heteroatoms. The molecule has 1 aliphatic rings. The van der Waals surface area contributed by atoms with Crippen molar-refractivity contribution in [2.45, 2.75) is 51.4 Å². The molecule has 0 saturated heterocycles. The van der Waals surface area contributed by atoms with Gasteiger partial charge in [-0.1, -0.05) is 24.3 Å². The lowest BCUT2D eigenvalue weighted by atomic mass is 10.1. The maximum Gasteiger partial charge on any atom is 0.434 e. The van der Waals surface area contributed by atoms with Gasteiger partial charge in [0.05, 0.1) is 37.5 Å². The number of nitrogens with zero attached hydrogens (tertiary/aromatic N) is 8. The SMILES string of the molecule is CCOC(=O)C(C)n1cc(C(F)(F)F)nc1-c1ccc(Cn2ncc3cnc(-c4c(OC)ncnc4C4CC4)nc32)cc1. The van der Waals surface area contributed by atoms with Crippen molar-refractivity contribution in [3.63, 3.8) is 0 Å². The number of methoxy groups -OCH3 is 1. The number of carbonyl (C=O) groups is 1. The zero-order valence-corrected chi connectivity index (χ0v) is 23.5. The molecule has 5 aromatic rings. The Kier molecular flexibility index (Phi) is 7.28. The van der Waals surface area contributed by atoms with Crippen molar-refractivity contribution in [1.82, 2.24) is 39.3 Å². The first-order valence-electron chi connectivity index (χ1n) is 13.7. The number of aromatic nitrogens is 8. The van der Waals surface area contributed by atoms with Gasteiger partial charge < -0.3 is 14.0 Å². The molecule has 222 valence electrons. The Labute approximate surface area is 243 Å². The number of alkyl halides is 3. The molecule has 0 N–H and O–H groups in total. The molecule has 0 bridgehead atoms. The van der Waals surface area contributed by atoms with Crippen molar-refractivity contribution in [2.75, 3.05) is 13.7 Å². The van der Waals surface area contributed by atoms with E-state index in [0.29, 0.717) is 40.9 Å². The topological polar surface area (TPSA) is 123 Å². The summed E-state index contributed by atoms with van der Waals surface area (Å²) in [5.74, 6) is 0.515. The third-order valence-electron chi connectivity index (χ3n) is 7.21. The molecule has 1 unspecified atom stereocenters. The van der Waals surface area contributed by atoms with Crippen molar-refractivity contribution < 1.29 is 27.4 Å². The van der Waals surface area contributed by atoms with Crippen LogP contribution in [0.2, 0.25) is 0 Å². The molecule has 4 heterocycles. The molecule has 1 aliphatic carbocycles. The van der Waals surface area contributed by atoms with Gasteiger partial charge in [-0.15, -0.1) is 0 Å². The number of esters is 1. The first-order chi connectivity index (χ1) is 20.7. The normalized spacial score (nSPS) is 14.2. The minimum Gasteiger partial charge on any atom is -0.480 e. The van der Waals surface area contributed by atoms with Crippen LogP contribution in [0.15, 0.2) is 49.2 Å². The standard InChI is InChI=1S/C29H27F3N8O3/c1-4-43-28(41)16(2)39-14-21(29(30,31)32)37-25(39)19-7-5-17(6-8-19)13-40-26-20(12-36-40)11-33-24(38-26)22-23(18-9-10-18)34-15-35-27(22)42-3/h5-8,11-12,14-16,18H,4,9-10,13H2,1-3H3. The summed E-state index contributed by atoms with van der Waals surface area (Å²) in [4.78, 5) is 34.2. The van der Waals surface area contributed by atoms with Gasteiger partial charge in [0.2, 0.25) is 5.88 Å². The van der Waals surface area contributed by atoms with Crippen LogP contribution in [-0.4, -0.2) is 59.0 Å². The number of fused-ring (bicyclic) bond motifs is 1. The number of carbonyl (C=O) groups excluding carboxylic acids is 1. The van der Waals surface area contributed by atoms with Gasteiger partial charge in [0.15, 0.2) is 17.2 Å². The molecule has 1 saturated carbocycles. The summed E-state index contributed by atoms with van der Waals surface area (Å²) >= 11 is 0. The fourth-order valence-corrected chi connectivity index (χ4v) is 4.86. The predicted molar refractivity (Wildman–Crippen MR) is 148 cm³/mol. The Morgan fingerprint density at radius 3 is 2.53 bits per heavy atom. The second kappa shape index (κ2) is 11.1. The van der Waals surface area contributed by atoms with E-state index in [2.05, 4.69) is 25.0 Å². The Hall–Kier alpha value is -4.88. The van der Waals surface area contributed by atoms with Crippen LogP contribution < -0.4 is 4.74 Å². The van der Waals surface area contributed by atoms with E-state index < -0.39 is 23.9 Å². The third kappa shape index (κ3) is 5.51. The van der Waals surface area contributed by atoms with E-state index in [0.717, 1.165) is 35.7 Å². The molecular formula is C29H27F3N8O3. The first-order valence-corrected chi connectivity index (χ1v) is 13.7. The van der Waals surface area contributed by atoms with Crippen molar-refractivity contribution in [3.8, 4) is 28.7 Å². The lowest BCUT2D eigenvalue weighted by Gasteiger charge is -2.15. The van der Waals surface area contributed by atoms with Crippen LogP contribution in [0, 0.1) is 0 Å². The van der Waals surface area contributed by atoms with Crippen LogP contribution in [0.3, 0.4) is 0 Å². The Morgan fingerprint density at radius 2 is 1.86 bits per heavy atom. The maximum atomic E-state index is 13.5. The van der Waals surface area contributed by atoms with E-state index in [-0.39, 0.29) is 12.4 Å². The minimum absolute atomic E-state index is 0.00634. The van der Waals surface area contributed by atoms with Gasteiger partial charge in [-0.3, -0.25) is 0 Å². The van der Waals surface area contributed by atoms with E-state index in [4.69, 9.17) is 14.5 Å². The van der Waals surface area contributed by atoms with E-state index in [1.165, 1.54) is 17.8 Å². The number of rotatable bonds is 9. The molecule has 1 atom stereocenters. The second-order valence-electron chi connectivity index (χ2n) is 10.2. The number of ether oxygens (including phenoxy) is 2. The van der Waals surface area contributed by atoms with Gasteiger partial charge in [0, 0.05) is 23.9 Å². The van der Waals surface area contributed by atoms with Crippen LogP contribution in [0.4, 0.5) is 13.2 Å². The molecule has 11 nitrogen and oxygen atoms in total. The van der Waals surface area contributed by atoms with Gasteiger partial charge in [-0.05, 0) is 32.3 Å².